The molecule has 1 fully saturated rings. The van der Waals surface area contributed by atoms with E-state index in [1.165, 1.54) is 0 Å². The summed E-state index contributed by atoms with van der Waals surface area (Å²) in [5, 5.41) is 15.2. The molecule has 0 unspecified atom stereocenters. The number of aromatic hydroxyl groups is 1. The number of pyridine rings is 2. The third kappa shape index (κ3) is 3.73. The molecule has 0 saturated carbocycles. The molecule has 0 bridgehead atoms. The van der Waals surface area contributed by atoms with Crippen molar-refractivity contribution in [1.82, 2.24) is 19.9 Å². The Balaban J connectivity index is 1.71. The number of rotatable bonds is 4. The predicted octanol–water partition coefficient (Wildman–Crippen LogP) is 5.42. The van der Waals surface area contributed by atoms with Crippen LogP contribution >= 0.6 is 23.8 Å². The Bertz CT molecular complexity index is 1330. The molecule has 5 rings (SSSR count). The van der Waals surface area contributed by atoms with Crippen LogP contribution in [0.2, 0.25) is 5.02 Å². The Morgan fingerprint density at radius 3 is 2.45 bits per heavy atom. The second-order valence-electron chi connectivity index (χ2n) is 7.98. The van der Waals surface area contributed by atoms with E-state index in [0.29, 0.717) is 15.8 Å². The van der Waals surface area contributed by atoms with Gasteiger partial charge < -0.3 is 19.9 Å². The predicted molar refractivity (Wildman–Crippen MR) is 134 cm³/mol. The van der Waals surface area contributed by atoms with Gasteiger partial charge in [0.1, 0.15) is 11.6 Å². The summed E-state index contributed by atoms with van der Waals surface area (Å²) in [4.78, 5) is 11.1. The lowest BCUT2D eigenvalue weighted by Gasteiger charge is -2.28. The summed E-state index contributed by atoms with van der Waals surface area (Å²) in [5.74, 6) is 0.951. The molecule has 1 aromatic carbocycles. The van der Waals surface area contributed by atoms with Crippen LogP contribution in [0.4, 0.5) is 5.69 Å². The van der Waals surface area contributed by atoms with Crippen molar-refractivity contribution >= 4 is 34.6 Å². The SMILES string of the molecule is Cc1cc([C@@H]2[C@H](c3ccccn3)NC(=S)N2c2cc(Cl)ccc2O)c(C)n1-c1ccccn1. The standard InChI is InChI=1S/C25H22ClN5OS/c1-15-13-18(16(2)30(15)22-8-4-6-12-28-22)24-23(19-7-3-5-11-27-19)29-25(33)31(24)20-14-17(26)9-10-21(20)32/h3-14,23-24,32H,1-2H3,(H,29,33)/t23-,24+/m0/s1. The second kappa shape index (κ2) is 8.50. The van der Waals surface area contributed by atoms with Crippen LogP contribution in [0.25, 0.3) is 5.82 Å². The van der Waals surface area contributed by atoms with E-state index in [9.17, 15) is 5.11 Å². The van der Waals surface area contributed by atoms with Gasteiger partial charge in [-0.1, -0.05) is 23.7 Å². The Labute approximate surface area is 202 Å². The number of hydrogen-bond donors (Lipinski definition) is 2. The molecule has 4 heterocycles. The zero-order valence-electron chi connectivity index (χ0n) is 18.1. The summed E-state index contributed by atoms with van der Waals surface area (Å²) >= 11 is 12.1. The molecule has 6 nitrogen and oxygen atoms in total. The van der Waals surface area contributed by atoms with E-state index < -0.39 is 0 Å². The highest BCUT2D eigenvalue weighted by Crippen LogP contribution is 2.46. The Hall–Kier alpha value is -3.42. The van der Waals surface area contributed by atoms with Crippen LogP contribution in [-0.4, -0.2) is 24.8 Å². The van der Waals surface area contributed by atoms with E-state index in [4.69, 9.17) is 23.8 Å². The van der Waals surface area contributed by atoms with Gasteiger partial charge in [-0.15, -0.1) is 0 Å². The minimum absolute atomic E-state index is 0.105. The molecule has 1 aliphatic rings. The van der Waals surface area contributed by atoms with Gasteiger partial charge >= 0.3 is 0 Å². The second-order valence-corrected chi connectivity index (χ2v) is 8.80. The van der Waals surface area contributed by atoms with E-state index in [2.05, 4.69) is 39.8 Å². The van der Waals surface area contributed by atoms with Gasteiger partial charge in [0.15, 0.2) is 5.11 Å². The first-order chi connectivity index (χ1) is 16.0. The average molecular weight is 476 g/mol. The van der Waals surface area contributed by atoms with Gasteiger partial charge in [0.2, 0.25) is 0 Å². The molecule has 2 N–H and O–H groups in total. The number of anilines is 1. The zero-order chi connectivity index (χ0) is 23.1. The molecule has 0 aliphatic carbocycles. The van der Waals surface area contributed by atoms with Gasteiger partial charge in [0, 0.05) is 28.8 Å². The summed E-state index contributed by atoms with van der Waals surface area (Å²) in [6, 6.07) is 18.3. The molecular formula is C25H22ClN5OS. The fourth-order valence-electron chi connectivity index (χ4n) is 4.55. The lowest BCUT2D eigenvalue weighted by Crippen LogP contribution is -2.29. The highest BCUT2D eigenvalue weighted by Gasteiger charge is 2.43. The number of phenolic OH excluding ortho intramolecular Hbond substituents is 1. The highest BCUT2D eigenvalue weighted by molar-refractivity contribution is 7.80. The third-order valence-corrected chi connectivity index (χ3v) is 6.51. The van der Waals surface area contributed by atoms with Gasteiger partial charge in [0.25, 0.3) is 0 Å². The van der Waals surface area contributed by atoms with Crippen molar-refractivity contribution in [2.24, 2.45) is 0 Å². The summed E-state index contributed by atoms with van der Waals surface area (Å²) in [6.07, 6.45) is 3.56. The average Bonchev–Trinajstić information content (AvgIpc) is 3.31. The van der Waals surface area contributed by atoms with Crippen molar-refractivity contribution in [2.75, 3.05) is 4.90 Å². The van der Waals surface area contributed by atoms with Crippen molar-refractivity contribution in [2.45, 2.75) is 25.9 Å². The molecule has 166 valence electrons. The number of aryl methyl sites for hydroxylation is 1. The number of hydrogen-bond acceptors (Lipinski definition) is 4. The Morgan fingerprint density at radius 1 is 1.00 bits per heavy atom. The van der Waals surface area contributed by atoms with Crippen molar-refractivity contribution in [1.29, 1.82) is 0 Å². The smallest absolute Gasteiger partial charge is 0.174 e. The number of phenols is 1. The fraction of sp³-hybridized carbons (Fsp3) is 0.160. The van der Waals surface area contributed by atoms with Crippen molar-refractivity contribution in [3.05, 3.63) is 101 Å². The Morgan fingerprint density at radius 2 is 1.76 bits per heavy atom. The molecule has 0 radical (unpaired) electrons. The molecule has 33 heavy (non-hydrogen) atoms. The van der Waals surface area contributed by atoms with Crippen LogP contribution in [0.1, 0.15) is 34.7 Å². The molecule has 1 saturated heterocycles. The van der Waals surface area contributed by atoms with Crippen LogP contribution in [0, 0.1) is 13.8 Å². The first kappa shape index (κ1) is 21.4. The van der Waals surface area contributed by atoms with Gasteiger partial charge in [-0.3, -0.25) is 4.98 Å². The largest absolute Gasteiger partial charge is 0.506 e. The maximum atomic E-state index is 10.7. The van der Waals surface area contributed by atoms with Crippen molar-refractivity contribution in [3.8, 4) is 11.6 Å². The number of halogens is 1. The van der Waals surface area contributed by atoms with E-state index in [1.54, 1.807) is 30.6 Å². The molecule has 0 spiro atoms. The summed E-state index contributed by atoms with van der Waals surface area (Å²) < 4.78 is 2.13. The monoisotopic (exact) mass is 475 g/mol. The zero-order valence-corrected chi connectivity index (χ0v) is 19.7. The number of nitrogens with one attached hydrogen (secondary N) is 1. The van der Waals surface area contributed by atoms with E-state index in [1.807, 2.05) is 41.3 Å². The summed E-state index contributed by atoms with van der Waals surface area (Å²) in [5.41, 5.74) is 4.55. The molecule has 3 aromatic heterocycles. The minimum atomic E-state index is -0.263. The lowest BCUT2D eigenvalue weighted by molar-refractivity contribution is 0.472. The van der Waals surface area contributed by atoms with Crippen molar-refractivity contribution < 1.29 is 5.11 Å². The Kier molecular flexibility index (Phi) is 5.52. The third-order valence-electron chi connectivity index (χ3n) is 5.96. The van der Waals surface area contributed by atoms with Crippen LogP contribution in [0.5, 0.6) is 5.75 Å². The summed E-state index contributed by atoms with van der Waals surface area (Å²) in [6.45, 7) is 4.13. The van der Waals surface area contributed by atoms with E-state index >= 15 is 0 Å². The van der Waals surface area contributed by atoms with Crippen LogP contribution in [0.3, 0.4) is 0 Å². The molecule has 2 atom stereocenters. The molecular weight excluding hydrogens is 454 g/mol. The van der Waals surface area contributed by atoms with E-state index in [-0.39, 0.29) is 17.8 Å². The maximum absolute atomic E-state index is 10.7. The van der Waals surface area contributed by atoms with Crippen LogP contribution in [0.15, 0.2) is 73.1 Å². The van der Waals surface area contributed by atoms with Crippen LogP contribution in [-0.2, 0) is 0 Å². The fourth-order valence-corrected chi connectivity index (χ4v) is 5.05. The quantitative estimate of drug-likeness (QED) is 0.384. The lowest BCUT2D eigenvalue weighted by atomic mass is 9.96. The van der Waals surface area contributed by atoms with Crippen molar-refractivity contribution in [3.63, 3.8) is 0 Å². The normalized spacial score (nSPS) is 17.9. The topological polar surface area (TPSA) is 66.2 Å². The minimum Gasteiger partial charge on any atom is -0.506 e. The molecule has 4 aromatic rings. The van der Waals surface area contributed by atoms with Gasteiger partial charge in [-0.2, -0.15) is 0 Å². The number of thiocarbonyl (C=S) groups is 1. The highest BCUT2D eigenvalue weighted by atomic mass is 35.5. The van der Waals surface area contributed by atoms with E-state index in [0.717, 1.165) is 28.5 Å². The summed E-state index contributed by atoms with van der Waals surface area (Å²) in [7, 11) is 0. The van der Waals surface area contributed by atoms with Gasteiger partial charge in [0.05, 0.1) is 23.5 Å². The first-order valence-electron chi connectivity index (χ1n) is 10.5. The first-order valence-corrected chi connectivity index (χ1v) is 11.3. The number of nitrogens with zero attached hydrogens (tertiary/aromatic N) is 4. The van der Waals surface area contributed by atoms with Crippen LogP contribution < -0.4 is 10.2 Å². The van der Waals surface area contributed by atoms with Gasteiger partial charge in [-0.05, 0) is 80.2 Å². The maximum Gasteiger partial charge on any atom is 0.174 e. The molecule has 1 aliphatic heterocycles. The molecule has 0 amide bonds. The number of benzene rings is 1. The van der Waals surface area contributed by atoms with Gasteiger partial charge in [-0.25, -0.2) is 4.98 Å². The number of aromatic nitrogens is 3. The molecule has 8 heteroatoms.